The summed E-state index contributed by atoms with van der Waals surface area (Å²) < 4.78 is 10.5. The van der Waals surface area contributed by atoms with Crippen LogP contribution in [-0.4, -0.2) is 14.2 Å². The van der Waals surface area contributed by atoms with E-state index in [0.29, 0.717) is 6.04 Å². The van der Waals surface area contributed by atoms with E-state index in [0.717, 1.165) is 30.0 Å². The Balaban J connectivity index is 1.81. The lowest BCUT2D eigenvalue weighted by atomic mass is 9.87. The molecule has 1 aliphatic carbocycles. The van der Waals surface area contributed by atoms with Crippen LogP contribution in [-0.2, 0) is 6.42 Å². The molecule has 3 nitrogen and oxygen atoms in total. The zero-order valence-electron chi connectivity index (χ0n) is 12.6. The minimum absolute atomic E-state index is 0.369. The van der Waals surface area contributed by atoms with E-state index >= 15 is 0 Å². The zero-order valence-corrected chi connectivity index (χ0v) is 12.6. The quantitative estimate of drug-likeness (QED) is 0.912. The van der Waals surface area contributed by atoms with Crippen LogP contribution in [0.3, 0.4) is 0 Å². The third-order valence-electron chi connectivity index (χ3n) is 4.10. The van der Waals surface area contributed by atoms with Gasteiger partial charge in [-0.3, -0.25) is 0 Å². The van der Waals surface area contributed by atoms with Crippen molar-refractivity contribution in [3.63, 3.8) is 0 Å². The maximum Gasteiger partial charge on any atom is 0.119 e. The first-order valence-electron chi connectivity index (χ1n) is 7.37. The van der Waals surface area contributed by atoms with Crippen LogP contribution in [0.5, 0.6) is 11.5 Å². The number of fused-ring (bicyclic) bond motifs is 1. The molecule has 3 rings (SSSR count). The standard InChI is InChI=1S/C18H21NO2/c1-20-15-8-6-14(7-9-15)19-18-5-3-4-13-12-16(21-2)10-11-17(13)18/h6-12,18-19H,3-5H2,1-2H3/t18-/m0/s1. The highest BCUT2D eigenvalue weighted by atomic mass is 16.5. The first-order chi connectivity index (χ1) is 10.3. The topological polar surface area (TPSA) is 30.5 Å². The van der Waals surface area contributed by atoms with Gasteiger partial charge in [0.05, 0.1) is 20.3 Å². The molecule has 0 unspecified atom stereocenters. The molecule has 2 aromatic rings. The normalized spacial score (nSPS) is 17.0. The second kappa shape index (κ2) is 6.08. The molecule has 2 aromatic carbocycles. The summed E-state index contributed by atoms with van der Waals surface area (Å²) in [5.74, 6) is 1.83. The fourth-order valence-electron chi connectivity index (χ4n) is 2.96. The van der Waals surface area contributed by atoms with Crippen molar-refractivity contribution < 1.29 is 9.47 Å². The van der Waals surface area contributed by atoms with Gasteiger partial charge < -0.3 is 14.8 Å². The Hall–Kier alpha value is -2.16. The maximum atomic E-state index is 5.33. The van der Waals surface area contributed by atoms with Crippen LogP contribution in [0, 0.1) is 0 Å². The number of aryl methyl sites for hydroxylation is 1. The third kappa shape index (κ3) is 2.97. The van der Waals surface area contributed by atoms with Crippen LogP contribution < -0.4 is 14.8 Å². The van der Waals surface area contributed by atoms with Crippen molar-refractivity contribution >= 4 is 5.69 Å². The van der Waals surface area contributed by atoms with Crippen molar-refractivity contribution in [2.45, 2.75) is 25.3 Å². The molecule has 0 spiro atoms. The van der Waals surface area contributed by atoms with Gasteiger partial charge in [-0.1, -0.05) is 6.07 Å². The summed E-state index contributed by atoms with van der Waals surface area (Å²) in [6.07, 6.45) is 3.49. The molecule has 1 atom stereocenters. The molecule has 110 valence electrons. The van der Waals surface area contributed by atoms with Crippen LogP contribution in [0.15, 0.2) is 42.5 Å². The van der Waals surface area contributed by atoms with E-state index in [1.165, 1.54) is 17.5 Å². The van der Waals surface area contributed by atoms with Gasteiger partial charge in [0.15, 0.2) is 0 Å². The van der Waals surface area contributed by atoms with Gasteiger partial charge in [0, 0.05) is 5.69 Å². The van der Waals surface area contributed by atoms with Crippen LogP contribution >= 0.6 is 0 Å². The van der Waals surface area contributed by atoms with E-state index < -0.39 is 0 Å². The fraction of sp³-hybridized carbons (Fsp3) is 0.333. The van der Waals surface area contributed by atoms with Crippen LogP contribution in [0.2, 0.25) is 0 Å². The minimum atomic E-state index is 0.369. The molecule has 0 saturated heterocycles. The fourth-order valence-corrected chi connectivity index (χ4v) is 2.96. The van der Waals surface area contributed by atoms with Gasteiger partial charge >= 0.3 is 0 Å². The Labute approximate surface area is 125 Å². The highest BCUT2D eigenvalue weighted by Crippen LogP contribution is 2.34. The van der Waals surface area contributed by atoms with Gasteiger partial charge in [0.2, 0.25) is 0 Å². The Morgan fingerprint density at radius 3 is 2.38 bits per heavy atom. The molecule has 21 heavy (non-hydrogen) atoms. The molecular formula is C18H21NO2. The number of benzene rings is 2. The molecule has 0 bridgehead atoms. The van der Waals surface area contributed by atoms with Crippen molar-refractivity contribution in [2.75, 3.05) is 19.5 Å². The predicted octanol–water partition coefficient (Wildman–Crippen LogP) is 4.19. The average molecular weight is 283 g/mol. The summed E-state index contributed by atoms with van der Waals surface area (Å²) in [7, 11) is 3.41. The predicted molar refractivity (Wildman–Crippen MR) is 85.3 cm³/mol. The molecular weight excluding hydrogens is 262 g/mol. The molecule has 0 heterocycles. The summed E-state index contributed by atoms with van der Waals surface area (Å²) in [5.41, 5.74) is 3.91. The summed E-state index contributed by atoms with van der Waals surface area (Å²) in [6.45, 7) is 0. The van der Waals surface area contributed by atoms with E-state index in [1.54, 1.807) is 14.2 Å². The van der Waals surface area contributed by atoms with E-state index in [2.05, 4.69) is 29.6 Å². The number of anilines is 1. The minimum Gasteiger partial charge on any atom is -0.497 e. The zero-order chi connectivity index (χ0) is 14.7. The van der Waals surface area contributed by atoms with E-state index in [-0.39, 0.29) is 0 Å². The van der Waals surface area contributed by atoms with Gasteiger partial charge in [-0.15, -0.1) is 0 Å². The largest absolute Gasteiger partial charge is 0.497 e. The first kappa shape index (κ1) is 13.8. The van der Waals surface area contributed by atoms with E-state index in [1.807, 2.05) is 18.2 Å². The average Bonchev–Trinajstić information content (AvgIpc) is 2.55. The lowest BCUT2D eigenvalue weighted by Gasteiger charge is -2.27. The van der Waals surface area contributed by atoms with Crippen molar-refractivity contribution in [1.82, 2.24) is 0 Å². The summed E-state index contributed by atoms with van der Waals surface area (Å²) in [4.78, 5) is 0. The molecule has 1 N–H and O–H groups in total. The highest BCUT2D eigenvalue weighted by Gasteiger charge is 2.20. The van der Waals surface area contributed by atoms with E-state index in [9.17, 15) is 0 Å². The SMILES string of the molecule is COc1ccc(N[C@H]2CCCc3cc(OC)ccc32)cc1. The lowest BCUT2D eigenvalue weighted by molar-refractivity contribution is 0.413. The lowest BCUT2D eigenvalue weighted by Crippen LogP contribution is -2.17. The Bertz CT molecular complexity index is 607. The molecule has 0 aliphatic heterocycles. The molecule has 0 amide bonds. The second-order valence-corrected chi connectivity index (χ2v) is 5.38. The molecule has 0 saturated carbocycles. The van der Waals surface area contributed by atoms with E-state index in [4.69, 9.17) is 9.47 Å². The number of rotatable bonds is 4. The van der Waals surface area contributed by atoms with Gasteiger partial charge in [-0.05, 0) is 66.8 Å². The first-order valence-corrected chi connectivity index (χ1v) is 7.37. The Morgan fingerprint density at radius 1 is 0.952 bits per heavy atom. The molecule has 3 heteroatoms. The van der Waals surface area contributed by atoms with Crippen molar-refractivity contribution in [3.8, 4) is 11.5 Å². The number of methoxy groups -OCH3 is 2. The number of nitrogens with one attached hydrogen (secondary N) is 1. The number of hydrogen-bond donors (Lipinski definition) is 1. The Kier molecular flexibility index (Phi) is 4.00. The van der Waals surface area contributed by atoms with Crippen LogP contribution in [0.25, 0.3) is 0 Å². The third-order valence-corrected chi connectivity index (χ3v) is 4.10. The molecule has 1 aliphatic rings. The smallest absolute Gasteiger partial charge is 0.119 e. The maximum absolute atomic E-state index is 5.33. The number of hydrogen-bond acceptors (Lipinski definition) is 3. The van der Waals surface area contributed by atoms with Crippen molar-refractivity contribution in [2.24, 2.45) is 0 Å². The molecule has 0 fully saturated rings. The molecule has 0 radical (unpaired) electrons. The number of ether oxygens (including phenoxy) is 2. The van der Waals surface area contributed by atoms with Crippen molar-refractivity contribution in [3.05, 3.63) is 53.6 Å². The highest BCUT2D eigenvalue weighted by molar-refractivity contribution is 5.50. The van der Waals surface area contributed by atoms with Crippen LogP contribution in [0.4, 0.5) is 5.69 Å². The Morgan fingerprint density at radius 2 is 1.67 bits per heavy atom. The summed E-state index contributed by atoms with van der Waals surface area (Å²) in [6, 6.07) is 14.9. The molecule has 0 aromatic heterocycles. The van der Waals surface area contributed by atoms with Crippen molar-refractivity contribution in [1.29, 1.82) is 0 Å². The second-order valence-electron chi connectivity index (χ2n) is 5.38. The monoisotopic (exact) mass is 283 g/mol. The summed E-state index contributed by atoms with van der Waals surface area (Å²) >= 11 is 0. The van der Waals surface area contributed by atoms with Gasteiger partial charge in [-0.2, -0.15) is 0 Å². The van der Waals surface area contributed by atoms with Gasteiger partial charge in [0.25, 0.3) is 0 Å². The van der Waals surface area contributed by atoms with Gasteiger partial charge in [-0.25, -0.2) is 0 Å². The summed E-state index contributed by atoms with van der Waals surface area (Å²) in [5, 5.41) is 3.63. The van der Waals surface area contributed by atoms with Gasteiger partial charge in [0.1, 0.15) is 11.5 Å². The van der Waals surface area contributed by atoms with Crippen LogP contribution in [0.1, 0.15) is 30.0 Å².